The summed E-state index contributed by atoms with van der Waals surface area (Å²) < 4.78 is 4.93. The molecule has 0 saturated carbocycles. The molecule has 1 aliphatic rings. The second-order valence-corrected chi connectivity index (χ2v) is 4.73. The zero-order valence-electron chi connectivity index (χ0n) is 9.73. The Bertz CT molecular complexity index is 300. The van der Waals surface area contributed by atoms with Gasteiger partial charge in [0.15, 0.2) is 0 Å². The molecule has 1 aromatic heterocycles. The minimum absolute atomic E-state index is 0.0196. The number of aromatic nitrogens is 1. The average Bonchev–Trinajstić information content (AvgIpc) is 2.71. The summed E-state index contributed by atoms with van der Waals surface area (Å²) in [6.07, 6.45) is 1.65. The molecule has 0 amide bonds. The Hall–Kier alpha value is -0.870. The lowest BCUT2D eigenvalue weighted by molar-refractivity contribution is 0.0559. The predicted octanol–water partition coefficient (Wildman–Crippen LogP) is 1.16. The number of rotatable bonds is 2. The van der Waals surface area contributed by atoms with E-state index in [-0.39, 0.29) is 5.54 Å². The van der Waals surface area contributed by atoms with Gasteiger partial charge in [0, 0.05) is 32.2 Å². The molecule has 0 unspecified atom stereocenters. The largest absolute Gasteiger partial charge is 0.364 e. The van der Waals surface area contributed by atoms with Gasteiger partial charge < -0.3 is 9.42 Å². The summed E-state index contributed by atoms with van der Waals surface area (Å²) in [6, 6.07) is 1.96. The lowest BCUT2D eigenvalue weighted by Crippen LogP contribution is -2.52. The van der Waals surface area contributed by atoms with E-state index in [0.29, 0.717) is 0 Å². The second-order valence-electron chi connectivity index (χ2n) is 4.73. The van der Waals surface area contributed by atoms with Gasteiger partial charge >= 0.3 is 0 Å². The molecule has 0 spiro atoms. The van der Waals surface area contributed by atoms with Crippen molar-refractivity contribution in [3.63, 3.8) is 0 Å². The summed E-state index contributed by atoms with van der Waals surface area (Å²) in [4.78, 5) is 4.82. The van der Waals surface area contributed by atoms with Gasteiger partial charge in [-0.1, -0.05) is 5.16 Å². The topological polar surface area (TPSA) is 32.5 Å². The van der Waals surface area contributed by atoms with E-state index in [2.05, 4.69) is 35.9 Å². The Morgan fingerprint density at radius 3 is 2.47 bits per heavy atom. The summed E-state index contributed by atoms with van der Waals surface area (Å²) in [6.45, 7) is 8.85. The minimum Gasteiger partial charge on any atom is -0.364 e. The second kappa shape index (κ2) is 3.94. The highest BCUT2D eigenvalue weighted by Gasteiger charge is 2.32. The zero-order chi connectivity index (χ0) is 10.9. The lowest BCUT2D eigenvalue weighted by Gasteiger charge is -2.42. The summed E-state index contributed by atoms with van der Waals surface area (Å²) in [5.41, 5.74) is 1.00. The van der Waals surface area contributed by atoms with Crippen LogP contribution in [0, 0.1) is 0 Å². The van der Waals surface area contributed by atoms with Gasteiger partial charge in [0.25, 0.3) is 0 Å². The Morgan fingerprint density at radius 1 is 1.27 bits per heavy atom. The van der Waals surface area contributed by atoms with Crippen LogP contribution < -0.4 is 0 Å². The van der Waals surface area contributed by atoms with Gasteiger partial charge in [0.1, 0.15) is 12.0 Å². The Labute approximate surface area is 90.8 Å². The van der Waals surface area contributed by atoms with Crippen molar-refractivity contribution in [1.29, 1.82) is 0 Å². The predicted molar refractivity (Wildman–Crippen MR) is 58.6 cm³/mol. The highest BCUT2D eigenvalue weighted by atomic mass is 16.5. The van der Waals surface area contributed by atoms with Crippen molar-refractivity contribution in [3.8, 4) is 0 Å². The van der Waals surface area contributed by atoms with Crippen LogP contribution in [-0.2, 0) is 5.54 Å². The maximum Gasteiger partial charge on any atom is 0.124 e. The molecule has 4 heteroatoms. The van der Waals surface area contributed by atoms with Crippen LogP contribution >= 0.6 is 0 Å². The maximum absolute atomic E-state index is 4.93. The van der Waals surface area contributed by atoms with Crippen LogP contribution in [0.1, 0.15) is 19.5 Å². The van der Waals surface area contributed by atoms with E-state index in [1.807, 2.05) is 6.07 Å². The monoisotopic (exact) mass is 209 g/mol. The van der Waals surface area contributed by atoms with Crippen molar-refractivity contribution in [2.45, 2.75) is 19.4 Å². The van der Waals surface area contributed by atoms with Crippen molar-refractivity contribution in [2.24, 2.45) is 0 Å². The van der Waals surface area contributed by atoms with Crippen LogP contribution in [0.5, 0.6) is 0 Å². The standard InChI is InChI=1S/C11H19N3O/c1-11(2,10-4-9-15-12-10)14-7-5-13(3)6-8-14/h4,9H,5-8H2,1-3H3. The number of nitrogens with zero attached hydrogens (tertiary/aromatic N) is 3. The first kappa shape index (κ1) is 10.6. The highest BCUT2D eigenvalue weighted by molar-refractivity contribution is 5.10. The fraction of sp³-hybridized carbons (Fsp3) is 0.727. The molecule has 1 aromatic rings. The van der Waals surface area contributed by atoms with Gasteiger partial charge in [0.05, 0.1) is 5.54 Å². The van der Waals surface area contributed by atoms with Gasteiger partial charge in [0.2, 0.25) is 0 Å². The molecular weight excluding hydrogens is 190 g/mol. The van der Waals surface area contributed by atoms with Gasteiger partial charge in [-0.15, -0.1) is 0 Å². The van der Waals surface area contributed by atoms with Crippen molar-refractivity contribution in [2.75, 3.05) is 33.2 Å². The highest BCUT2D eigenvalue weighted by Crippen LogP contribution is 2.26. The van der Waals surface area contributed by atoms with Gasteiger partial charge in [-0.2, -0.15) is 0 Å². The van der Waals surface area contributed by atoms with E-state index < -0.39 is 0 Å². The molecule has 0 aliphatic carbocycles. The first-order valence-corrected chi connectivity index (χ1v) is 5.45. The average molecular weight is 209 g/mol. The minimum atomic E-state index is -0.0196. The normalized spacial score (nSPS) is 20.7. The third kappa shape index (κ3) is 2.06. The number of hydrogen-bond donors (Lipinski definition) is 0. The van der Waals surface area contributed by atoms with Crippen LogP contribution in [0.15, 0.2) is 16.9 Å². The molecule has 1 aliphatic heterocycles. The molecule has 4 nitrogen and oxygen atoms in total. The van der Waals surface area contributed by atoms with Crippen molar-refractivity contribution in [3.05, 3.63) is 18.0 Å². The molecule has 0 aromatic carbocycles. The third-order valence-corrected chi connectivity index (χ3v) is 3.36. The smallest absolute Gasteiger partial charge is 0.124 e. The maximum atomic E-state index is 4.93. The first-order chi connectivity index (χ1) is 7.10. The summed E-state index contributed by atoms with van der Waals surface area (Å²) in [5, 5.41) is 4.05. The molecule has 2 rings (SSSR count). The molecule has 0 N–H and O–H groups in total. The van der Waals surface area contributed by atoms with E-state index in [0.717, 1.165) is 31.9 Å². The molecule has 1 fully saturated rings. The van der Waals surface area contributed by atoms with E-state index in [1.54, 1.807) is 6.26 Å². The van der Waals surface area contributed by atoms with Gasteiger partial charge in [-0.05, 0) is 20.9 Å². The molecule has 15 heavy (non-hydrogen) atoms. The molecule has 2 heterocycles. The van der Waals surface area contributed by atoms with Crippen molar-refractivity contribution < 1.29 is 4.52 Å². The fourth-order valence-electron chi connectivity index (χ4n) is 2.06. The van der Waals surface area contributed by atoms with Crippen LogP contribution in [0.2, 0.25) is 0 Å². The molecule has 84 valence electrons. The van der Waals surface area contributed by atoms with E-state index in [9.17, 15) is 0 Å². The Morgan fingerprint density at radius 2 is 1.93 bits per heavy atom. The zero-order valence-corrected chi connectivity index (χ0v) is 9.73. The van der Waals surface area contributed by atoms with Gasteiger partial charge in [-0.25, -0.2) is 0 Å². The van der Waals surface area contributed by atoms with Crippen LogP contribution in [0.25, 0.3) is 0 Å². The molecule has 0 radical (unpaired) electrons. The van der Waals surface area contributed by atoms with Gasteiger partial charge in [-0.3, -0.25) is 4.90 Å². The molecule has 0 bridgehead atoms. The lowest BCUT2D eigenvalue weighted by atomic mass is 9.97. The SMILES string of the molecule is CN1CCN(C(C)(C)c2ccon2)CC1. The number of piperazine rings is 1. The van der Waals surface area contributed by atoms with Crippen LogP contribution in [0.4, 0.5) is 0 Å². The summed E-state index contributed by atoms with van der Waals surface area (Å²) >= 11 is 0. The number of hydrogen-bond acceptors (Lipinski definition) is 4. The summed E-state index contributed by atoms with van der Waals surface area (Å²) in [5.74, 6) is 0. The van der Waals surface area contributed by atoms with E-state index in [1.165, 1.54) is 0 Å². The quantitative estimate of drug-likeness (QED) is 0.731. The van der Waals surface area contributed by atoms with Crippen molar-refractivity contribution >= 4 is 0 Å². The Kier molecular flexibility index (Phi) is 2.80. The van der Waals surface area contributed by atoms with Crippen molar-refractivity contribution in [1.82, 2.24) is 15.0 Å². The molecule has 0 atom stereocenters. The third-order valence-electron chi connectivity index (χ3n) is 3.36. The van der Waals surface area contributed by atoms with E-state index in [4.69, 9.17) is 4.52 Å². The first-order valence-electron chi connectivity index (χ1n) is 5.45. The van der Waals surface area contributed by atoms with E-state index >= 15 is 0 Å². The fourth-order valence-corrected chi connectivity index (χ4v) is 2.06. The molecular formula is C11H19N3O. The number of likely N-dealkylation sites (N-methyl/N-ethyl adjacent to an activating group) is 1. The summed E-state index contributed by atoms with van der Waals surface area (Å²) in [7, 11) is 2.17. The van der Waals surface area contributed by atoms with Crippen LogP contribution in [0.3, 0.4) is 0 Å². The molecule has 1 saturated heterocycles. The Balaban J connectivity index is 2.09. The van der Waals surface area contributed by atoms with Crippen LogP contribution in [-0.4, -0.2) is 48.2 Å².